The number of benzene rings is 1. The highest BCUT2D eigenvalue weighted by Crippen LogP contribution is 2.30. The zero-order valence-electron chi connectivity index (χ0n) is 12.7. The summed E-state index contributed by atoms with van der Waals surface area (Å²) in [5, 5.41) is 3.47. The highest BCUT2D eigenvalue weighted by molar-refractivity contribution is 9.10. The summed E-state index contributed by atoms with van der Waals surface area (Å²) < 4.78 is 0.927. The van der Waals surface area contributed by atoms with E-state index >= 15 is 0 Å². The number of nitrogens with zero attached hydrogens (tertiary/aromatic N) is 1. The first-order chi connectivity index (χ1) is 9.99. The quantitative estimate of drug-likeness (QED) is 0.855. The number of nitrogens with two attached hydrogens (primary N) is 1. The van der Waals surface area contributed by atoms with Crippen molar-refractivity contribution >= 4 is 27.5 Å². The van der Waals surface area contributed by atoms with Crippen molar-refractivity contribution in [3.8, 4) is 0 Å². The van der Waals surface area contributed by atoms with Crippen LogP contribution in [-0.2, 0) is 0 Å². The molecule has 1 aliphatic rings. The standard InChI is InChI=1S/C16H24BrN3O/c1-11(2)20(10-12-4-3-7-19-9-12)15-6-5-13(16(18)21)8-14(15)17/h5-6,8,11-12,19H,3-4,7,9-10H2,1-2H3,(H2,18,21). The van der Waals surface area contributed by atoms with E-state index in [9.17, 15) is 4.79 Å². The lowest BCUT2D eigenvalue weighted by Crippen LogP contribution is -2.41. The van der Waals surface area contributed by atoms with Gasteiger partial charge in [0.2, 0.25) is 5.91 Å². The van der Waals surface area contributed by atoms with Crippen LogP contribution in [-0.4, -0.2) is 31.6 Å². The fourth-order valence-electron chi connectivity index (χ4n) is 2.84. The molecule has 1 unspecified atom stereocenters. The molecule has 116 valence electrons. The molecule has 1 heterocycles. The Hall–Kier alpha value is -1.07. The van der Waals surface area contributed by atoms with E-state index in [-0.39, 0.29) is 0 Å². The topological polar surface area (TPSA) is 58.4 Å². The molecule has 0 saturated carbocycles. The molecule has 0 aliphatic carbocycles. The summed E-state index contributed by atoms with van der Waals surface area (Å²) in [6.07, 6.45) is 2.52. The van der Waals surface area contributed by atoms with Crippen molar-refractivity contribution in [2.24, 2.45) is 11.7 Å². The van der Waals surface area contributed by atoms with Crippen molar-refractivity contribution in [3.05, 3.63) is 28.2 Å². The van der Waals surface area contributed by atoms with Crippen molar-refractivity contribution in [1.82, 2.24) is 5.32 Å². The summed E-state index contributed by atoms with van der Waals surface area (Å²) in [4.78, 5) is 13.7. The van der Waals surface area contributed by atoms with Gasteiger partial charge in [-0.1, -0.05) is 0 Å². The van der Waals surface area contributed by atoms with Gasteiger partial charge in [-0.25, -0.2) is 0 Å². The van der Waals surface area contributed by atoms with Crippen LogP contribution in [0.4, 0.5) is 5.69 Å². The molecule has 3 N–H and O–H groups in total. The van der Waals surface area contributed by atoms with E-state index in [1.807, 2.05) is 12.1 Å². The van der Waals surface area contributed by atoms with Gasteiger partial charge >= 0.3 is 0 Å². The molecule has 2 rings (SSSR count). The molecule has 5 heteroatoms. The van der Waals surface area contributed by atoms with Gasteiger partial charge in [0, 0.05) is 22.6 Å². The first kappa shape index (κ1) is 16.3. The minimum absolute atomic E-state index is 0.394. The Morgan fingerprint density at radius 1 is 1.52 bits per heavy atom. The number of nitrogens with one attached hydrogen (secondary N) is 1. The molecule has 0 radical (unpaired) electrons. The fraction of sp³-hybridized carbons (Fsp3) is 0.562. The molecule has 4 nitrogen and oxygen atoms in total. The maximum absolute atomic E-state index is 11.3. The molecule has 1 atom stereocenters. The minimum atomic E-state index is -0.394. The molecule has 0 bridgehead atoms. The average molecular weight is 354 g/mol. The highest BCUT2D eigenvalue weighted by atomic mass is 79.9. The van der Waals surface area contributed by atoms with Crippen molar-refractivity contribution < 1.29 is 4.79 Å². The molecular weight excluding hydrogens is 330 g/mol. The number of amides is 1. The van der Waals surface area contributed by atoms with E-state index in [4.69, 9.17) is 5.73 Å². The van der Waals surface area contributed by atoms with E-state index in [1.165, 1.54) is 12.8 Å². The molecule has 1 amide bonds. The lowest BCUT2D eigenvalue weighted by molar-refractivity contribution is 0.100. The monoisotopic (exact) mass is 353 g/mol. The lowest BCUT2D eigenvalue weighted by atomic mass is 9.98. The summed E-state index contributed by atoms with van der Waals surface area (Å²) in [5.74, 6) is 0.277. The third kappa shape index (κ3) is 4.20. The number of carbonyl (C=O) groups is 1. The van der Waals surface area contributed by atoms with Crippen LogP contribution in [0.1, 0.15) is 37.0 Å². The Morgan fingerprint density at radius 2 is 2.29 bits per heavy atom. The van der Waals surface area contributed by atoms with Gasteiger partial charge in [0.15, 0.2) is 0 Å². The smallest absolute Gasteiger partial charge is 0.248 e. The minimum Gasteiger partial charge on any atom is -0.368 e. The second kappa shape index (κ2) is 7.27. The number of hydrogen-bond donors (Lipinski definition) is 2. The zero-order valence-corrected chi connectivity index (χ0v) is 14.3. The van der Waals surface area contributed by atoms with Crippen molar-refractivity contribution in [2.75, 3.05) is 24.5 Å². The van der Waals surface area contributed by atoms with Gasteiger partial charge in [-0.05, 0) is 79.8 Å². The molecule has 1 aromatic rings. The molecule has 1 saturated heterocycles. The number of carbonyl (C=O) groups excluding carboxylic acids is 1. The van der Waals surface area contributed by atoms with E-state index in [0.29, 0.717) is 17.5 Å². The number of piperidine rings is 1. The normalized spacial score (nSPS) is 18.8. The SMILES string of the molecule is CC(C)N(CC1CCCNC1)c1ccc(C(N)=O)cc1Br. The molecule has 21 heavy (non-hydrogen) atoms. The largest absolute Gasteiger partial charge is 0.368 e. The Balaban J connectivity index is 2.19. The number of halogens is 1. The highest BCUT2D eigenvalue weighted by Gasteiger charge is 2.21. The Labute approximate surface area is 135 Å². The van der Waals surface area contributed by atoms with Crippen LogP contribution < -0.4 is 16.0 Å². The third-order valence-corrected chi connectivity index (χ3v) is 4.65. The third-order valence-electron chi connectivity index (χ3n) is 4.02. The van der Waals surface area contributed by atoms with E-state index in [0.717, 1.165) is 29.8 Å². The lowest BCUT2D eigenvalue weighted by Gasteiger charge is -2.35. The zero-order chi connectivity index (χ0) is 15.4. The summed E-state index contributed by atoms with van der Waals surface area (Å²) >= 11 is 3.58. The maximum Gasteiger partial charge on any atom is 0.248 e. The van der Waals surface area contributed by atoms with Gasteiger partial charge < -0.3 is 16.0 Å². The number of anilines is 1. The van der Waals surface area contributed by atoms with Crippen LogP contribution in [0.2, 0.25) is 0 Å². The average Bonchev–Trinajstić information content (AvgIpc) is 2.46. The van der Waals surface area contributed by atoms with Gasteiger partial charge in [-0.2, -0.15) is 0 Å². The van der Waals surface area contributed by atoms with Crippen LogP contribution in [0, 0.1) is 5.92 Å². The van der Waals surface area contributed by atoms with Crippen LogP contribution in [0.3, 0.4) is 0 Å². The predicted octanol–water partition coefficient (Wildman–Crippen LogP) is 2.76. The summed E-state index contributed by atoms with van der Waals surface area (Å²) in [6, 6.07) is 6.01. The Morgan fingerprint density at radius 3 is 2.81 bits per heavy atom. The Bertz CT molecular complexity index is 498. The van der Waals surface area contributed by atoms with Gasteiger partial charge in [0.25, 0.3) is 0 Å². The second-order valence-corrected chi connectivity index (χ2v) is 6.84. The molecule has 1 aromatic carbocycles. The first-order valence-electron chi connectivity index (χ1n) is 7.55. The van der Waals surface area contributed by atoms with Crippen molar-refractivity contribution in [1.29, 1.82) is 0 Å². The number of rotatable bonds is 5. The number of hydrogen-bond acceptors (Lipinski definition) is 3. The summed E-state index contributed by atoms with van der Waals surface area (Å²) in [7, 11) is 0. The van der Waals surface area contributed by atoms with Crippen LogP contribution in [0.15, 0.2) is 22.7 Å². The first-order valence-corrected chi connectivity index (χ1v) is 8.35. The van der Waals surface area contributed by atoms with E-state index < -0.39 is 5.91 Å². The fourth-order valence-corrected chi connectivity index (χ4v) is 3.44. The van der Waals surface area contributed by atoms with Gasteiger partial charge in [0.05, 0.1) is 5.69 Å². The molecule has 1 fully saturated rings. The van der Waals surface area contributed by atoms with E-state index in [2.05, 4.69) is 40.0 Å². The molecule has 0 aromatic heterocycles. The van der Waals surface area contributed by atoms with E-state index in [1.54, 1.807) is 6.07 Å². The van der Waals surface area contributed by atoms with Gasteiger partial charge in [-0.15, -0.1) is 0 Å². The summed E-state index contributed by atoms with van der Waals surface area (Å²) in [6.45, 7) is 7.64. The molecule has 1 aliphatic heterocycles. The van der Waals surface area contributed by atoms with Crippen LogP contribution in [0.5, 0.6) is 0 Å². The van der Waals surface area contributed by atoms with Crippen LogP contribution in [0.25, 0.3) is 0 Å². The number of primary amides is 1. The molecular formula is C16H24BrN3O. The van der Waals surface area contributed by atoms with Crippen LogP contribution >= 0.6 is 15.9 Å². The van der Waals surface area contributed by atoms with Crippen molar-refractivity contribution in [2.45, 2.75) is 32.7 Å². The maximum atomic E-state index is 11.3. The second-order valence-electron chi connectivity index (χ2n) is 5.99. The van der Waals surface area contributed by atoms with Gasteiger partial charge in [-0.3, -0.25) is 4.79 Å². The predicted molar refractivity (Wildman–Crippen MR) is 90.7 cm³/mol. The molecule has 0 spiro atoms. The van der Waals surface area contributed by atoms with Crippen molar-refractivity contribution in [3.63, 3.8) is 0 Å². The van der Waals surface area contributed by atoms with Gasteiger partial charge in [0.1, 0.15) is 0 Å². The summed E-state index contributed by atoms with van der Waals surface area (Å²) in [5.41, 5.74) is 7.00. The Kier molecular flexibility index (Phi) is 5.65.